The molecule has 4 rings (SSSR count). The first-order valence-corrected chi connectivity index (χ1v) is 9.56. The molecule has 2 heterocycles. The van der Waals surface area contributed by atoms with E-state index in [1.165, 1.54) is 17.4 Å². The van der Waals surface area contributed by atoms with Gasteiger partial charge in [0.15, 0.2) is 0 Å². The molecule has 0 saturated carbocycles. The van der Waals surface area contributed by atoms with Gasteiger partial charge in [0, 0.05) is 16.3 Å². The maximum absolute atomic E-state index is 14.7. The lowest BCUT2D eigenvalue weighted by Crippen LogP contribution is -2.10. The molecule has 2 aromatic heterocycles. The average Bonchev–Trinajstić information content (AvgIpc) is 3.13. The zero-order valence-electron chi connectivity index (χ0n) is 15.0. The first kappa shape index (κ1) is 17.7. The summed E-state index contributed by atoms with van der Waals surface area (Å²) in [4.78, 5) is 15.3. The third-order valence-electron chi connectivity index (χ3n) is 5.06. The van der Waals surface area contributed by atoms with Gasteiger partial charge in [0.1, 0.15) is 16.3 Å². The average molecular weight is 382 g/mol. The van der Waals surface area contributed by atoms with Crippen molar-refractivity contribution in [2.24, 2.45) is 5.73 Å². The Morgan fingerprint density at radius 2 is 2.07 bits per heavy atom. The molecule has 0 bridgehead atoms. The van der Waals surface area contributed by atoms with E-state index in [0.717, 1.165) is 16.3 Å². The molecule has 4 nitrogen and oxygen atoms in total. The van der Waals surface area contributed by atoms with Crippen LogP contribution in [-0.2, 0) is 0 Å². The number of aromatic hydroxyl groups is 1. The Hall–Kier alpha value is -2.70. The predicted octanol–water partition coefficient (Wildman–Crippen LogP) is 4.63. The lowest BCUT2D eigenvalue weighted by Gasteiger charge is -2.15. The van der Waals surface area contributed by atoms with Gasteiger partial charge in [-0.15, -0.1) is 11.3 Å². The van der Waals surface area contributed by atoms with E-state index in [4.69, 9.17) is 5.73 Å². The Morgan fingerprint density at radius 3 is 2.78 bits per heavy atom. The van der Waals surface area contributed by atoms with Gasteiger partial charge in [-0.2, -0.15) is 0 Å². The minimum Gasteiger partial charge on any atom is -0.507 e. The lowest BCUT2D eigenvalue weighted by molar-refractivity contribution is 0.477. The number of aromatic amines is 1. The van der Waals surface area contributed by atoms with E-state index in [-0.39, 0.29) is 23.0 Å². The van der Waals surface area contributed by atoms with Crippen molar-refractivity contribution in [2.45, 2.75) is 19.8 Å². The van der Waals surface area contributed by atoms with E-state index >= 15 is 0 Å². The monoisotopic (exact) mass is 382 g/mol. The van der Waals surface area contributed by atoms with Crippen molar-refractivity contribution in [3.05, 3.63) is 63.0 Å². The Bertz CT molecular complexity index is 1240. The Balaban J connectivity index is 2.09. The molecule has 138 valence electrons. The van der Waals surface area contributed by atoms with Crippen LogP contribution >= 0.6 is 11.3 Å². The molecule has 0 aliphatic rings. The molecule has 0 unspecified atom stereocenters. The normalized spacial score (nSPS) is 12.7. The van der Waals surface area contributed by atoms with E-state index < -0.39 is 0 Å². The van der Waals surface area contributed by atoms with Gasteiger partial charge in [-0.05, 0) is 59.7 Å². The summed E-state index contributed by atoms with van der Waals surface area (Å²) in [5, 5.41) is 14.0. The fraction of sp³-hybridized carbons (Fsp3) is 0.190. The summed E-state index contributed by atoms with van der Waals surface area (Å²) < 4.78 is 15.3. The second-order valence-electron chi connectivity index (χ2n) is 6.83. The summed E-state index contributed by atoms with van der Waals surface area (Å²) in [5.74, 6) is -0.398. The topological polar surface area (TPSA) is 79.1 Å². The zero-order chi connectivity index (χ0) is 19.3. The molecule has 0 radical (unpaired) electrons. The van der Waals surface area contributed by atoms with Crippen molar-refractivity contribution in [2.75, 3.05) is 6.54 Å². The number of fused-ring (bicyclic) bond motifs is 3. The molecule has 0 amide bonds. The van der Waals surface area contributed by atoms with Gasteiger partial charge in [-0.1, -0.05) is 19.1 Å². The number of halogens is 1. The lowest BCUT2D eigenvalue weighted by atomic mass is 9.92. The van der Waals surface area contributed by atoms with Gasteiger partial charge in [-0.3, -0.25) is 4.79 Å². The molecule has 4 N–H and O–H groups in total. The predicted molar refractivity (Wildman–Crippen MR) is 109 cm³/mol. The summed E-state index contributed by atoms with van der Waals surface area (Å²) in [5.41, 5.74) is 8.53. The standard InChI is InChI=1S/C21H19FN2O2S/c1-10-7-16(25)17(12-3-4-13(11(2)9-23)15(22)8-12)18-14-5-6-27-20(14)21(26)24-19(10)18/h3-8,11,25H,9,23H2,1-2H3,(H,24,26)/t11-/m1/s1. The highest BCUT2D eigenvalue weighted by molar-refractivity contribution is 7.17. The summed E-state index contributed by atoms with van der Waals surface area (Å²) >= 11 is 1.34. The van der Waals surface area contributed by atoms with E-state index in [1.54, 1.807) is 18.2 Å². The van der Waals surface area contributed by atoms with Crippen LogP contribution in [0, 0.1) is 12.7 Å². The number of benzene rings is 2. The van der Waals surface area contributed by atoms with Crippen LogP contribution in [0.3, 0.4) is 0 Å². The van der Waals surface area contributed by atoms with Crippen LogP contribution in [0.2, 0.25) is 0 Å². The molecule has 0 fully saturated rings. The maximum atomic E-state index is 14.7. The first-order valence-electron chi connectivity index (χ1n) is 8.68. The van der Waals surface area contributed by atoms with Crippen molar-refractivity contribution in [3.8, 4) is 16.9 Å². The molecule has 0 aliphatic carbocycles. The largest absolute Gasteiger partial charge is 0.507 e. The number of thiophene rings is 1. The van der Waals surface area contributed by atoms with Gasteiger partial charge < -0.3 is 15.8 Å². The molecule has 0 spiro atoms. The van der Waals surface area contributed by atoms with Gasteiger partial charge in [0.25, 0.3) is 5.56 Å². The van der Waals surface area contributed by atoms with Crippen LogP contribution < -0.4 is 11.3 Å². The molecule has 1 atom stereocenters. The third-order valence-corrected chi connectivity index (χ3v) is 5.97. The smallest absolute Gasteiger partial charge is 0.266 e. The van der Waals surface area contributed by atoms with Crippen LogP contribution in [0.25, 0.3) is 32.1 Å². The SMILES string of the molecule is Cc1cc(O)c(-c2ccc([C@H](C)CN)c(F)c2)c2c1[nH]c(=O)c1sccc12. The number of H-pyrrole nitrogens is 1. The first-order chi connectivity index (χ1) is 12.9. The highest BCUT2D eigenvalue weighted by Crippen LogP contribution is 2.41. The van der Waals surface area contributed by atoms with Gasteiger partial charge in [0.05, 0.1) is 5.52 Å². The number of rotatable bonds is 3. The molecule has 6 heteroatoms. The molecule has 4 aromatic rings. The zero-order valence-corrected chi connectivity index (χ0v) is 15.8. The fourth-order valence-corrected chi connectivity index (χ4v) is 4.38. The quantitative estimate of drug-likeness (QED) is 0.483. The maximum Gasteiger partial charge on any atom is 0.266 e. The summed E-state index contributed by atoms with van der Waals surface area (Å²) in [7, 11) is 0. The second-order valence-corrected chi connectivity index (χ2v) is 7.74. The Labute approximate surface area is 159 Å². The second kappa shape index (κ2) is 6.48. The van der Waals surface area contributed by atoms with Crippen molar-refractivity contribution < 1.29 is 9.50 Å². The summed E-state index contributed by atoms with van der Waals surface area (Å²) in [6.07, 6.45) is 0. The number of nitrogens with one attached hydrogen (secondary N) is 1. The van der Waals surface area contributed by atoms with Gasteiger partial charge >= 0.3 is 0 Å². The number of hydrogen-bond donors (Lipinski definition) is 3. The van der Waals surface area contributed by atoms with Crippen LogP contribution in [0.5, 0.6) is 5.75 Å². The number of aryl methyl sites for hydroxylation is 1. The third kappa shape index (κ3) is 2.72. The number of phenols is 1. The molecule has 0 aliphatic heterocycles. The summed E-state index contributed by atoms with van der Waals surface area (Å²) in [6, 6.07) is 8.39. The molecule has 0 saturated heterocycles. The van der Waals surface area contributed by atoms with Gasteiger partial charge in [-0.25, -0.2) is 4.39 Å². The number of nitrogens with two attached hydrogens (primary N) is 1. The molecule has 2 aromatic carbocycles. The van der Waals surface area contributed by atoms with Crippen molar-refractivity contribution in [1.29, 1.82) is 0 Å². The van der Waals surface area contributed by atoms with E-state index in [9.17, 15) is 14.3 Å². The van der Waals surface area contributed by atoms with Crippen molar-refractivity contribution in [1.82, 2.24) is 4.98 Å². The van der Waals surface area contributed by atoms with Crippen LogP contribution in [-0.4, -0.2) is 16.6 Å². The fourth-order valence-electron chi connectivity index (χ4n) is 3.58. The number of aromatic nitrogens is 1. The van der Waals surface area contributed by atoms with E-state index in [0.29, 0.717) is 33.5 Å². The van der Waals surface area contributed by atoms with E-state index in [1.807, 2.05) is 25.3 Å². The Kier molecular flexibility index (Phi) is 4.25. The number of phenolic OH excluding ortho intramolecular Hbond substituents is 1. The number of hydrogen-bond acceptors (Lipinski definition) is 4. The van der Waals surface area contributed by atoms with Crippen LogP contribution in [0.4, 0.5) is 4.39 Å². The van der Waals surface area contributed by atoms with Crippen molar-refractivity contribution >= 4 is 32.3 Å². The van der Waals surface area contributed by atoms with Gasteiger partial charge in [0.2, 0.25) is 0 Å². The Morgan fingerprint density at radius 1 is 1.30 bits per heavy atom. The molecular formula is C21H19FN2O2S. The van der Waals surface area contributed by atoms with E-state index in [2.05, 4.69) is 4.98 Å². The summed E-state index contributed by atoms with van der Waals surface area (Å²) in [6.45, 7) is 4.05. The van der Waals surface area contributed by atoms with Crippen molar-refractivity contribution in [3.63, 3.8) is 0 Å². The highest BCUT2D eigenvalue weighted by Gasteiger charge is 2.19. The van der Waals surface area contributed by atoms with Crippen LogP contribution in [0.1, 0.15) is 24.0 Å². The molecule has 27 heavy (non-hydrogen) atoms. The minimum absolute atomic E-state index is 0.0542. The number of pyridine rings is 1. The minimum atomic E-state index is -0.357. The molecular weight excluding hydrogens is 363 g/mol. The highest BCUT2D eigenvalue weighted by atomic mass is 32.1. The van der Waals surface area contributed by atoms with Crippen LogP contribution in [0.15, 0.2) is 40.5 Å².